The van der Waals surface area contributed by atoms with Crippen LogP contribution in [0.15, 0.2) is 18.2 Å². The number of hydrogen-bond acceptors (Lipinski definition) is 4. The van der Waals surface area contributed by atoms with Gasteiger partial charge in [-0.1, -0.05) is 6.07 Å². The van der Waals surface area contributed by atoms with Crippen molar-refractivity contribution in [1.29, 1.82) is 0 Å². The van der Waals surface area contributed by atoms with Crippen molar-refractivity contribution in [3.8, 4) is 11.4 Å². The fourth-order valence-corrected chi connectivity index (χ4v) is 2.58. The van der Waals surface area contributed by atoms with Gasteiger partial charge < -0.3 is 10.2 Å². The summed E-state index contributed by atoms with van der Waals surface area (Å²) in [6.45, 7) is 0. The number of carboxylic acid groups (broad SMARTS) is 1. The first-order valence-electron chi connectivity index (χ1n) is 7.12. The summed E-state index contributed by atoms with van der Waals surface area (Å²) in [5, 5.41) is 27.7. The number of aromatic hydroxyl groups is 1. The third-order valence-electron chi connectivity index (χ3n) is 3.72. The molecule has 6 nitrogen and oxygen atoms in total. The number of carbonyl (C=O) groups is 1. The van der Waals surface area contributed by atoms with E-state index in [2.05, 4.69) is 10.2 Å². The lowest BCUT2D eigenvalue weighted by Crippen LogP contribution is -2.02. The van der Waals surface area contributed by atoms with Crippen LogP contribution in [-0.2, 0) is 24.1 Å². The molecule has 1 aromatic heterocycles. The molecule has 0 amide bonds. The molecule has 21 heavy (non-hydrogen) atoms. The molecule has 110 valence electrons. The van der Waals surface area contributed by atoms with Crippen LogP contribution in [0.25, 0.3) is 5.69 Å². The minimum atomic E-state index is -0.836. The van der Waals surface area contributed by atoms with Gasteiger partial charge in [0.1, 0.15) is 11.4 Å². The van der Waals surface area contributed by atoms with E-state index in [-0.39, 0.29) is 12.2 Å². The minimum absolute atomic E-state index is 0.0627. The van der Waals surface area contributed by atoms with Crippen LogP contribution in [0.1, 0.15) is 36.2 Å². The number of phenols is 1. The number of nitrogens with zero attached hydrogens (tertiary/aromatic N) is 3. The molecule has 1 aliphatic rings. The predicted molar refractivity (Wildman–Crippen MR) is 75.6 cm³/mol. The molecule has 2 aromatic rings. The second-order valence-electron chi connectivity index (χ2n) is 5.31. The fourth-order valence-electron chi connectivity index (χ4n) is 2.58. The van der Waals surface area contributed by atoms with E-state index in [9.17, 15) is 9.90 Å². The maximum atomic E-state index is 10.6. The van der Waals surface area contributed by atoms with E-state index in [1.807, 2.05) is 0 Å². The Bertz CT molecular complexity index is 655. The second-order valence-corrected chi connectivity index (χ2v) is 5.31. The van der Waals surface area contributed by atoms with Crippen LogP contribution in [-0.4, -0.2) is 31.2 Å². The highest BCUT2D eigenvalue weighted by molar-refractivity contribution is 5.67. The number of rotatable bonds is 4. The third kappa shape index (κ3) is 2.89. The molecule has 2 N–H and O–H groups in total. The number of aromatic nitrogens is 3. The van der Waals surface area contributed by atoms with E-state index in [1.165, 1.54) is 4.80 Å². The third-order valence-corrected chi connectivity index (χ3v) is 3.72. The normalized spacial score (nSPS) is 13.9. The summed E-state index contributed by atoms with van der Waals surface area (Å²) in [7, 11) is 0. The molecule has 6 heteroatoms. The van der Waals surface area contributed by atoms with E-state index in [1.54, 1.807) is 18.2 Å². The SMILES string of the molecule is O=C(O)CCc1ccc(O)c(-n2nc3c(n2)CCCC3)c1. The van der Waals surface area contributed by atoms with Crippen molar-refractivity contribution in [3.05, 3.63) is 35.2 Å². The first-order chi connectivity index (χ1) is 10.1. The molecule has 3 rings (SSSR count). The van der Waals surface area contributed by atoms with Gasteiger partial charge in [0.25, 0.3) is 0 Å². The van der Waals surface area contributed by atoms with Crippen molar-refractivity contribution in [2.75, 3.05) is 0 Å². The van der Waals surface area contributed by atoms with Gasteiger partial charge in [0, 0.05) is 6.42 Å². The van der Waals surface area contributed by atoms with E-state index in [0.29, 0.717) is 12.1 Å². The maximum Gasteiger partial charge on any atom is 0.303 e. The van der Waals surface area contributed by atoms with Crippen molar-refractivity contribution < 1.29 is 15.0 Å². The van der Waals surface area contributed by atoms with Crippen LogP contribution in [0.3, 0.4) is 0 Å². The van der Waals surface area contributed by atoms with Crippen molar-refractivity contribution in [2.45, 2.75) is 38.5 Å². The number of phenolic OH excluding ortho intramolecular Hbond substituents is 1. The summed E-state index contributed by atoms with van der Waals surface area (Å²) in [5.74, 6) is -0.737. The molecular weight excluding hydrogens is 270 g/mol. The van der Waals surface area contributed by atoms with Gasteiger partial charge in [-0.3, -0.25) is 4.79 Å². The van der Waals surface area contributed by atoms with E-state index < -0.39 is 5.97 Å². The Balaban J connectivity index is 1.91. The number of fused-ring (bicyclic) bond motifs is 1. The topological polar surface area (TPSA) is 88.2 Å². The molecule has 0 radical (unpaired) electrons. The lowest BCUT2D eigenvalue weighted by Gasteiger charge is -2.06. The van der Waals surface area contributed by atoms with Crippen molar-refractivity contribution in [1.82, 2.24) is 15.0 Å². The summed E-state index contributed by atoms with van der Waals surface area (Å²) in [6.07, 6.45) is 4.58. The lowest BCUT2D eigenvalue weighted by molar-refractivity contribution is -0.136. The number of hydrogen-bond donors (Lipinski definition) is 2. The van der Waals surface area contributed by atoms with Gasteiger partial charge in [-0.05, 0) is 49.8 Å². The summed E-state index contributed by atoms with van der Waals surface area (Å²) in [5.41, 5.74) is 3.35. The Hall–Kier alpha value is -2.37. The van der Waals surface area contributed by atoms with Crippen LogP contribution < -0.4 is 0 Å². The quantitative estimate of drug-likeness (QED) is 0.896. The first kappa shape index (κ1) is 13.6. The molecule has 1 aromatic carbocycles. The highest BCUT2D eigenvalue weighted by atomic mass is 16.4. The fraction of sp³-hybridized carbons (Fsp3) is 0.400. The van der Waals surface area contributed by atoms with Gasteiger partial charge in [0.15, 0.2) is 0 Å². The average Bonchev–Trinajstić information content (AvgIpc) is 2.90. The first-order valence-corrected chi connectivity index (χ1v) is 7.12. The van der Waals surface area contributed by atoms with E-state index in [0.717, 1.165) is 42.6 Å². The van der Waals surface area contributed by atoms with E-state index in [4.69, 9.17) is 5.11 Å². The molecular formula is C15H17N3O3. The van der Waals surface area contributed by atoms with Gasteiger partial charge >= 0.3 is 5.97 Å². The Morgan fingerprint density at radius 2 is 1.86 bits per heavy atom. The highest BCUT2D eigenvalue weighted by Gasteiger charge is 2.17. The molecule has 0 unspecified atom stereocenters. The zero-order valence-electron chi connectivity index (χ0n) is 11.6. The van der Waals surface area contributed by atoms with Crippen molar-refractivity contribution in [3.63, 3.8) is 0 Å². The molecule has 1 heterocycles. The summed E-state index contributed by atoms with van der Waals surface area (Å²) in [4.78, 5) is 12.1. The smallest absolute Gasteiger partial charge is 0.303 e. The number of benzene rings is 1. The van der Waals surface area contributed by atoms with Gasteiger partial charge in [-0.15, -0.1) is 4.80 Å². The molecule has 0 spiro atoms. The van der Waals surface area contributed by atoms with E-state index >= 15 is 0 Å². The second kappa shape index (κ2) is 5.55. The highest BCUT2D eigenvalue weighted by Crippen LogP contribution is 2.25. The predicted octanol–water partition coefficient (Wildman–Crippen LogP) is 1.87. The standard InChI is InChI=1S/C15H17N3O3/c19-14-7-5-10(6-8-15(20)21)9-13(14)18-16-11-3-1-2-4-12(11)17-18/h5,7,9,19H,1-4,6,8H2,(H,20,21). The number of carboxylic acids is 1. The zero-order chi connectivity index (χ0) is 14.8. The molecule has 0 atom stereocenters. The van der Waals surface area contributed by atoms with Crippen molar-refractivity contribution >= 4 is 5.97 Å². The Morgan fingerprint density at radius 3 is 2.48 bits per heavy atom. The Labute approximate surface area is 122 Å². The van der Waals surface area contributed by atoms with Crippen LogP contribution in [0.4, 0.5) is 0 Å². The van der Waals surface area contributed by atoms with Crippen LogP contribution >= 0.6 is 0 Å². The van der Waals surface area contributed by atoms with Crippen LogP contribution in [0.5, 0.6) is 5.75 Å². The summed E-state index contributed by atoms with van der Waals surface area (Å²) >= 11 is 0. The average molecular weight is 287 g/mol. The minimum Gasteiger partial charge on any atom is -0.506 e. The van der Waals surface area contributed by atoms with Gasteiger partial charge in [0.05, 0.1) is 11.4 Å². The summed E-state index contributed by atoms with van der Waals surface area (Å²) in [6, 6.07) is 5.05. The Kier molecular flexibility index (Phi) is 3.60. The molecule has 0 saturated carbocycles. The Morgan fingerprint density at radius 1 is 1.19 bits per heavy atom. The molecule has 1 aliphatic carbocycles. The molecule has 0 aliphatic heterocycles. The van der Waals surface area contributed by atoms with Gasteiger partial charge in [-0.25, -0.2) is 0 Å². The van der Waals surface area contributed by atoms with Crippen LogP contribution in [0.2, 0.25) is 0 Å². The van der Waals surface area contributed by atoms with Crippen LogP contribution in [0, 0.1) is 0 Å². The number of aryl methyl sites for hydroxylation is 3. The van der Waals surface area contributed by atoms with Gasteiger partial charge in [0.2, 0.25) is 0 Å². The zero-order valence-corrected chi connectivity index (χ0v) is 11.6. The molecule has 0 fully saturated rings. The van der Waals surface area contributed by atoms with Gasteiger partial charge in [-0.2, -0.15) is 10.2 Å². The van der Waals surface area contributed by atoms with Crippen molar-refractivity contribution in [2.24, 2.45) is 0 Å². The lowest BCUT2D eigenvalue weighted by atomic mass is 10.0. The monoisotopic (exact) mass is 287 g/mol. The molecule has 0 bridgehead atoms. The maximum absolute atomic E-state index is 10.6. The summed E-state index contributed by atoms with van der Waals surface area (Å²) < 4.78 is 0. The molecule has 0 saturated heterocycles. The largest absolute Gasteiger partial charge is 0.506 e. The number of aliphatic carboxylic acids is 1.